The molecular weight excluding hydrogens is 270 g/mol. The molecule has 0 amide bonds. The molecule has 2 heterocycles. The van der Waals surface area contributed by atoms with Crippen molar-refractivity contribution >= 4 is 0 Å². The van der Waals surface area contributed by atoms with Gasteiger partial charge < -0.3 is 15.1 Å². The van der Waals surface area contributed by atoms with Crippen LogP contribution in [0.5, 0.6) is 0 Å². The van der Waals surface area contributed by atoms with Crippen molar-refractivity contribution in [3.05, 3.63) is 0 Å². The molecule has 0 aliphatic carbocycles. The van der Waals surface area contributed by atoms with Crippen LogP contribution in [0.3, 0.4) is 0 Å². The molecule has 3 heteroatoms. The van der Waals surface area contributed by atoms with Gasteiger partial charge in [0.15, 0.2) is 0 Å². The average molecular weight is 310 g/mol. The topological polar surface area (TPSA) is 18.5 Å². The summed E-state index contributed by atoms with van der Waals surface area (Å²) in [5, 5.41) is 3.69. The molecule has 0 spiro atoms. The van der Waals surface area contributed by atoms with Crippen molar-refractivity contribution < 1.29 is 0 Å². The van der Waals surface area contributed by atoms with Crippen LogP contribution in [0.25, 0.3) is 0 Å². The molecule has 2 fully saturated rings. The average Bonchev–Trinajstić information content (AvgIpc) is 2.49. The predicted molar refractivity (Wildman–Crippen MR) is 96.4 cm³/mol. The molecule has 2 aliphatic heterocycles. The minimum atomic E-state index is 0.629. The predicted octanol–water partition coefficient (Wildman–Crippen LogP) is 3.35. The van der Waals surface area contributed by atoms with E-state index in [1.807, 2.05) is 0 Å². The van der Waals surface area contributed by atoms with E-state index in [9.17, 15) is 0 Å². The molecule has 2 aliphatic rings. The third-order valence-electron chi connectivity index (χ3n) is 5.69. The van der Waals surface area contributed by atoms with E-state index in [0.29, 0.717) is 6.04 Å². The van der Waals surface area contributed by atoms with Crippen molar-refractivity contribution in [1.29, 1.82) is 0 Å². The molecule has 3 nitrogen and oxygen atoms in total. The molecule has 1 atom stereocenters. The van der Waals surface area contributed by atoms with Crippen molar-refractivity contribution in [3.63, 3.8) is 0 Å². The highest BCUT2D eigenvalue weighted by Crippen LogP contribution is 2.20. The SMILES string of the molecule is CC1CCN(C(C)CCCN2CCC(NC(C)C)CC2)CC1. The highest BCUT2D eigenvalue weighted by Gasteiger charge is 2.21. The number of hydrogen-bond acceptors (Lipinski definition) is 3. The molecule has 0 bridgehead atoms. The largest absolute Gasteiger partial charge is 0.312 e. The number of piperidine rings is 2. The van der Waals surface area contributed by atoms with Crippen molar-refractivity contribution in [2.24, 2.45) is 5.92 Å². The first-order valence-electron chi connectivity index (χ1n) is 9.77. The Bertz CT molecular complexity index is 289. The fourth-order valence-corrected chi connectivity index (χ4v) is 4.06. The van der Waals surface area contributed by atoms with Gasteiger partial charge in [0.05, 0.1) is 0 Å². The molecule has 2 saturated heterocycles. The Kier molecular flexibility index (Phi) is 7.66. The number of nitrogens with zero attached hydrogens (tertiary/aromatic N) is 2. The van der Waals surface area contributed by atoms with E-state index in [-0.39, 0.29) is 0 Å². The van der Waals surface area contributed by atoms with Gasteiger partial charge >= 0.3 is 0 Å². The zero-order chi connectivity index (χ0) is 15.9. The van der Waals surface area contributed by atoms with Gasteiger partial charge in [-0.25, -0.2) is 0 Å². The first-order chi connectivity index (χ1) is 10.5. The first kappa shape index (κ1) is 18.2. The van der Waals surface area contributed by atoms with Crippen LogP contribution in [0.15, 0.2) is 0 Å². The molecule has 0 aromatic heterocycles. The number of hydrogen-bond donors (Lipinski definition) is 1. The van der Waals surface area contributed by atoms with Crippen molar-refractivity contribution in [2.45, 2.75) is 84.3 Å². The fraction of sp³-hybridized carbons (Fsp3) is 1.00. The summed E-state index contributed by atoms with van der Waals surface area (Å²) >= 11 is 0. The van der Waals surface area contributed by atoms with E-state index in [1.165, 1.54) is 71.2 Å². The van der Waals surface area contributed by atoms with Gasteiger partial charge in [0.2, 0.25) is 0 Å². The van der Waals surface area contributed by atoms with Crippen LogP contribution in [-0.4, -0.2) is 60.6 Å². The lowest BCUT2D eigenvalue weighted by atomic mass is 9.97. The van der Waals surface area contributed by atoms with Crippen LogP contribution in [0, 0.1) is 5.92 Å². The van der Waals surface area contributed by atoms with E-state index in [0.717, 1.165) is 18.0 Å². The molecule has 1 N–H and O–H groups in total. The number of rotatable bonds is 7. The van der Waals surface area contributed by atoms with Gasteiger partial charge in [-0.05, 0) is 84.1 Å². The molecule has 130 valence electrons. The summed E-state index contributed by atoms with van der Waals surface area (Å²) in [6, 6.07) is 2.17. The van der Waals surface area contributed by atoms with E-state index in [1.54, 1.807) is 0 Å². The summed E-state index contributed by atoms with van der Waals surface area (Å²) in [7, 11) is 0. The summed E-state index contributed by atoms with van der Waals surface area (Å²) in [6.45, 7) is 15.9. The second kappa shape index (κ2) is 9.24. The highest BCUT2D eigenvalue weighted by atomic mass is 15.2. The van der Waals surface area contributed by atoms with Crippen molar-refractivity contribution in [2.75, 3.05) is 32.7 Å². The molecule has 2 rings (SSSR count). The second-order valence-electron chi connectivity index (χ2n) is 8.15. The molecule has 22 heavy (non-hydrogen) atoms. The van der Waals surface area contributed by atoms with Gasteiger partial charge in [0.1, 0.15) is 0 Å². The summed E-state index contributed by atoms with van der Waals surface area (Å²) in [5.74, 6) is 0.948. The minimum absolute atomic E-state index is 0.629. The Morgan fingerprint density at radius 1 is 0.955 bits per heavy atom. The van der Waals surface area contributed by atoms with Crippen molar-refractivity contribution in [1.82, 2.24) is 15.1 Å². The van der Waals surface area contributed by atoms with E-state index in [4.69, 9.17) is 0 Å². The van der Waals surface area contributed by atoms with Gasteiger partial charge in [0, 0.05) is 18.1 Å². The Hall–Kier alpha value is -0.120. The Labute approximate surface area is 138 Å². The summed E-state index contributed by atoms with van der Waals surface area (Å²) < 4.78 is 0. The Balaban J connectivity index is 1.55. The zero-order valence-electron chi connectivity index (χ0n) is 15.5. The molecule has 1 unspecified atom stereocenters. The minimum Gasteiger partial charge on any atom is -0.312 e. The van der Waals surface area contributed by atoms with E-state index in [2.05, 4.69) is 42.8 Å². The highest BCUT2D eigenvalue weighted by molar-refractivity contribution is 4.79. The fourth-order valence-electron chi connectivity index (χ4n) is 4.06. The molecular formula is C19H39N3. The normalized spacial score (nSPS) is 25.0. The van der Waals surface area contributed by atoms with E-state index >= 15 is 0 Å². The zero-order valence-corrected chi connectivity index (χ0v) is 15.5. The van der Waals surface area contributed by atoms with Gasteiger partial charge in [-0.1, -0.05) is 20.8 Å². The van der Waals surface area contributed by atoms with E-state index < -0.39 is 0 Å². The summed E-state index contributed by atoms with van der Waals surface area (Å²) in [5.41, 5.74) is 0. The lowest BCUT2D eigenvalue weighted by molar-refractivity contribution is 0.132. The first-order valence-corrected chi connectivity index (χ1v) is 9.77. The third kappa shape index (κ3) is 6.17. The molecule has 0 radical (unpaired) electrons. The molecule has 0 saturated carbocycles. The Morgan fingerprint density at radius 2 is 1.59 bits per heavy atom. The number of likely N-dealkylation sites (tertiary alicyclic amines) is 2. The van der Waals surface area contributed by atoms with Crippen LogP contribution >= 0.6 is 0 Å². The van der Waals surface area contributed by atoms with Gasteiger partial charge in [-0.2, -0.15) is 0 Å². The van der Waals surface area contributed by atoms with Gasteiger partial charge in [-0.3, -0.25) is 0 Å². The maximum atomic E-state index is 3.69. The maximum absolute atomic E-state index is 3.69. The maximum Gasteiger partial charge on any atom is 0.00937 e. The number of nitrogens with one attached hydrogen (secondary N) is 1. The second-order valence-corrected chi connectivity index (χ2v) is 8.15. The monoisotopic (exact) mass is 309 g/mol. The van der Waals surface area contributed by atoms with Crippen LogP contribution in [0.2, 0.25) is 0 Å². The third-order valence-corrected chi connectivity index (χ3v) is 5.69. The van der Waals surface area contributed by atoms with Crippen molar-refractivity contribution in [3.8, 4) is 0 Å². The standard InChI is InChI=1S/C19H39N3/c1-16(2)20-19-9-12-21(13-10-19)11-5-6-18(4)22-14-7-17(3)8-15-22/h16-20H,5-15H2,1-4H3. The van der Waals surface area contributed by atoms with Gasteiger partial charge in [0.25, 0.3) is 0 Å². The Morgan fingerprint density at radius 3 is 2.18 bits per heavy atom. The smallest absolute Gasteiger partial charge is 0.00937 e. The van der Waals surface area contributed by atoms with Crippen LogP contribution in [0.4, 0.5) is 0 Å². The quantitative estimate of drug-likeness (QED) is 0.778. The van der Waals surface area contributed by atoms with Gasteiger partial charge in [-0.15, -0.1) is 0 Å². The van der Waals surface area contributed by atoms with Crippen LogP contribution in [0.1, 0.15) is 66.2 Å². The lowest BCUT2D eigenvalue weighted by Gasteiger charge is -2.36. The molecule has 0 aromatic carbocycles. The van der Waals surface area contributed by atoms with Crippen LogP contribution < -0.4 is 5.32 Å². The molecule has 0 aromatic rings. The summed E-state index contributed by atoms with van der Waals surface area (Å²) in [6.07, 6.45) is 8.21. The summed E-state index contributed by atoms with van der Waals surface area (Å²) in [4.78, 5) is 5.41. The van der Waals surface area contributed by atoms with Crippen LogP contribution in [-0.2, 0) is 0 Å². The lowest BCUT2D eigenvalue weighted by Crippen LogP contribution is -2.45.